The maximum absolute atomic E-state index is 12.3. The molecule has 8 heteroatoms. The van der Waals surface area contributed by atoms with E-state index in [1.54, 1.807) is 29.2 Å². The molecule has 0 aliphatic rings. The van der Waals surface area contributed by atoms with Gasteiger partial charge in [0.2, 0.25) is 5.91 Å². The van der Waals surface area contributed by atoms with Gasteiger partial charge in [0.05, 0.1) is 18.2 Å². The van der Waals surface area contributed by atoms with Gasteiger partial charge in [0.15, 0.2) is 5.16 Å². The molecule has 0 fully saturated rings. The molecule has 0 atom stereocenters. The Morgan fingerprint density at radius 3 is 3.05 bits per heavy atom. The van der Waals surface area contributed by atoms with E-state index >= 15 is 0 Å². The number of thioether (sulfide) groups is 1. The summed E-state index contributed by atoms with van der Waals surface area (Å²) in [5.74, 6) is 0.0848. The third-order valence-electron chi connectivity index (χ3n) is 2.59. The van der Waals surface area contributed by atoms with Gasteiger partial charge in [0.1, 0.15) is 6.33 Å². The number of rotatable bonds is 6. The number of aromatic amines is 1. The highest BCUT2D eigenvalue weighted by Gasteiger charge is 2.16. The summed E-state index contributed by atoms with van der Waals surface area (Å²) in [6.07, 6.45) is 1.64. The van der Waals surface area contributed by atoms with Gasteiger partial charge in [-0.3, -0.25) is 9.89 Å². The average Bonchev–Trinajstić information content (AvgIpc) is 2.99. The molecule has 0 aliphatic carbocycles. The lowest BCUT2D eigenvalue weighted by atomic mass is 10.2. The van der Waals surface area contributed by atoms with E-state index in [9.17, 15) is 4.79 Å². The van der Waals surface area contributed by atoms with E-state index < -0.39 is 0 Å². The van der Waals surface area contributed by atoms with Gasteiger partial charge < -0.3 is 4.90 Å². The number of nitrogens with one attached hydrogen (secondary N) is 1. The summed E-state index contributed by atoms with van der Waals surface area (Å²) >= 11 is 7.21. The van der Waals surface area contributed by atoms with Crippen LogP contribution in [0, 0.1) is 11.3 Å². The van der Waals surface area contributed by atoms with E-state index in [2.05, 4.69) is 15.2 Å². The monoisotopic (exact) mass is 321 g/mol. The van der Waals surface area contributed by atoms with Crippen LogP contribution in [0.15, 0.2) is 35.7 Å². The summed E-state index contributed by atoms with van der Waals surface area (Å²) in [5, 5.41) is 16.3. The number of H-pyrrole nitrogens is 1. The van der Waals surface area contributed by atoms with E-state index in [0.29, 0.717) is 22.4 Å². The third kappa shape index (κ3) is 4.48. The van der Waals surface area contributed by atoms with Crippen molar-refractivity contribution >= 4 is 35.0 Å². The lowest BCUT2D eigenvalue weighted by Crippen LogP contribution is -2.33. The standard InChI is InChI=1S/C13H12ClN5OS/c14-10-3-1-4-11(7-10)19(6-2-5-15)12(20)8-21-13-16-9-17-18-13/h1,3-4,7,9H,2,6,8H2,(H,16,17,18). The zero-order valence-electron chi connectivity index (χ0n) is 11.0. The number of amides is 1. The Kier molecular flexibility index (Phi) is 5.60. The van der Waals surface area contributed by atoms with Crippen molar-refractivity contribution in [3.05, 3.63) is 35.6 Å². The molecule has 6 nitrogen and oxygen atoms in total. The lowest BCUT2D eigenvalue weighted by molar-refractivity contribution is -0.116. The van der Waals surface area contributed by atoms with Gasteiger partial charge in [0.25, 0.3) is 0 Å². The molecule has 0 bridgehead atoms. The minimum atomic E-state index is -0.117. The second-order valence-electron chi connectivity index (χ2n) is 4.01. The Hall–Kier alpha value is -2.04. The van der Waals surface area contributed by atoms with Crippen LogP contribution in [-0.4, -0.2) is 33.4 Å². The molecule has 1 heterocycles. The van der Waals surface area contributed by atoms with Crippen LogP contribution >= 0.6 is 23.4 Å². The number of carbonyl (C=O) groups excluding carboxylic acids is 1. The van der Waals surface area contributed by atoms with Gasteiger partial charge >= 0.3 is 0 Å². The second kappa shape index (κ2) is 7.67. The first-order valence-corrected chi connectivity index (χ1v) is 7.48. The highest BCUT2D eigenvalue weighted by molar-refractivity contribution is 7.99. The molecule has 1 amide bonds. The summed E-state index contributed by atoms with van der Waals surface area (Å²) in [6.45, 7) is 0.326. The fraction of sp³-hybridized carbons (Fsp3) is 0.231. The van der Waals surface area contributed by atoms with Crippen molar-refractivity contribution in [2.24, 2.45) is 0 Å². The molecular formula is C13H12ClN5OS. The second-order valence-corrected chi connectivity index (χ2v) is 5.41. The number of aromatic nitrogens is 3. The molecule has 21 heavy (non-hydrogen) atoms. The van der Waals surface area contributed by atoms with Crippen molar-refractivity contribution in [1.82, 2.24) is 15.2 Å². The highest BCUT2D eigenvalue weighted by Crippen LogP contribution is 2.21. The van der Waals surface area contributed by atoms with Crippen molar-refractivity contribution in [3.63, 3.8) is 0 Å². The van der Waals surface area contributed by atoms with Crippen molar-refractivity contribution in [1.29, 1.82) is 5.26 Å². The van der Waals surface area contributed by atoms with Crippen LogP contribution in [0.4, 0.5) is 5.69 Å². The van der Waals surface area contributed by atoms with Crippen LogP contribution in [0.25, 0.3) is 0 Å². The van der Waals surface area contributed by atoms with Gasteiger partial charge in [-0.05, 0) is 18.2 Å². The summed E-state index contributed by atoms with van der Waals surface area (Å²) in [6, 6.07) is 9.05. The van der Waals surface area contributed by atoms with Gasteiger partial charge in [-0.25, -0.2) is 4.98 Å². The van der Waals surface area contributed by atoms with Crippen LogP contribution in [-0.2, 0) is 4.79 Å². The van der Waals surface area contributed by atoms with Crippen molar-refractivity contribution in [2.75, 3.05) is 17.2 Å². The fourth-order valence-corrected chi connectivity index (χ4v) is 2.51. The van der Waals surface area contributed by atoms with E-state index in [1.165, 1.54) is 18.1 Å². The van der Waals surface area contributed by atoms with Gasteiger partial charge in [0, 0.05) is 17.3 Å². The molecule has 0 saturated heterocycles. The SMILES string of the molecule is N#CCCN(C(=O)CSc1ncn[nH]1)c1cccc(Cl)c1. The topological polar surface area (TPSA) is 85.7 Å². The lowest BCUT2D eigenvalue weighted by Gasteiger charge is -2.21. The van der Waals surface area contributed by atoms with Crippen LogP contribution < -0.4 is 4.90 Å². The normalized spacial score (nSPS) is 10.1. The summed E-state index contributed by atoms with van der Waals surface area (Å²) in [7, 11) is 0. The molecule has 1 N–H and O–H groups in total. The van der Waals surface area contributed by atoms with E-state index in [1.807, 2.05) is 6.07 Å². The minimum Gasteiger partial charge on any atom is -0.311 e. The Balaban J connectivity index is 2.07. The van der Waals surface area contributed by atoms with Crippen molar-refractivity contribution < 1.29 is 4.79 Å². The van der Waals surface area contributed by atoms with Crippen molar-refractivity contribution in [2.45, 2.75) is 11.6 Å². The number of hydrogen-bond acceptors (Lipinski definition) is 5. The fourth-order valence-electron chi connectivity index (χ4n) is 1.68. The number of halogens is 1. The van der Waals surface area contributed by atoms with Crippen LogP contribution in [0.5, 0.6) is 0 Å². The summed E-state index contributed by atoms with van der Waals surface area (Å²) < 4.78 is 0. The Morgan fingerprint density at radius 2 is 2.38 bits per heavy atom. The van der Waals surface area contributed by atoms with Crippen LogP contribution in [0.1, 0.15) is 6.42 Å². The van der Waals surface area contributed by atoms with E-state index in [0.717, 1.165) is 0 Å². The molecule has 2 rings (SSSR count). The zero-order chi connectivity index (χ0) is 15.1. The quantitative estimate of drug-likeness (QED) is 0.826. The molecule has 0 spiro atoms. The first-order chi connectivity index (χ1) is 10.2. The zero-order valence-corrected chi connectivity index (χ0v) is 12.6. The van der Waals surface area contributed by atoms with Gasteiger partial charge in [-0.1, -0.05) is 29.4 Å². The predicted molar refractivity (Wildman–Crippen MR) is 81.1 cm³/mol. The van der Waals surface area contributed by atoms with E-state index in [-0.39, 0.29) is 18.1 Å². The number of hydrogen-bond donors (Lipinski definition) is 1. The Morgan fingerprint density at radius 1 is 1.52 bits per heavy atom. The number of benzene rings is 1. The smallest absolute Gasteiger partial charge is 0.237 e. The maximum atomic E-state index is 12.3. The first-order valence-electron chi connectivity index (χ1n) is 6.12. The van der Waals surface area contributed by atoms with Crippen LogP contribution in [0.2, 0.25) is 5.02 Å². The molecule has 0 unspecified atom stereocenters. The average molecular weight is 322 g/mol. The Bertz CT molecular complexity index is 640. The maximum Gasteiger partial charge on any atom is 0.237 e. The van der Waals surface area contributed by atoms with E-state index in [4.69, 9.17) is 16.9 Å². The molecule has 1 aromatic heterocycles. The molecular weight excluding hydrogens is 310 g/mol. The molecule has 0 radical (unpaired) electrons. The highest BCUT2D eigenvalue weighted by atomic mass is 35.5. The molecule has 0 aliphatic heterocycles. The minimum absolute atomic E-state index is 0.117. The molecule has 2 aromatic rings. The number of anilines is 1. The first kappa shape index (κ1) is 15.4. The summed E-state index contributed by atoms with van der Waals surface area (Å²) in [5.41, 5.74) is 0.681. The molecule has 1 aromatic carbocycles. The number of nitriles is 1. The van der Waals surface area contributed by atoms with Gasteiger partial charge in [-0.15, -0.1) is 0 Å². The van der Waals surface area contributed by atoms with Gasteiger partial charge in [-0.2, -0.15) is 10.4 Å². The number of nitrogens with zero attached hydrogens (tertiary/aromatic N) is 4. The largest absolute Gasteiger partial charge is 0.311 e. The third-order valence-corrected chi connectivity index (χ3v) is 3.69. The van der Waals surface area contributed by atoms with Crippen LogP contribution in [0.3, 0.4) is 0 Å². The molecule has 108 valence electrons. The van der Waals surface area contributed by atoms with Crippen molar-refractivity contribution in [3.8, 4) is 6.07 Å². The Labute approximate surface area is 131 Å². The molecule has 0 saturated carbocycles. The summed E-state index contributed by atoms with van der Waals surface area (Å²) in [4.78, 5) is 17.8. The number of carbonyl (C=O) groups is 1. The predicted octanol–water partition coefficient (Wildman–Crippen LogP) is 2.50.